The van der Waals surface area contributed by atoms with E-state index in [2.05, 4.69) is 19.3 Å². The van der Waals surface area contributed by atoms with E-state index < -0.39 is 0 Å². The average molecular weight is 289 g/mol. The minimum atomic E-state index is 0.704. The third kappa shape index (κ3) is 2.52. The maximum atomic E-state index is 5.82. The zero-order valence-electron chi connectivity index (χ0n) is 10.2. The molecule has 0 radical (unpaired) electrons. The third-order valence-corrected chi connectivity index (χ3v) is 4.38. The van der Waals surface area contributed by atoms with Crippen molar-refractivity contribution < 1.29 is 0 Å². The van der Waals surface area contributed by atoms with E-state index in [4.69, 9.17) is 5.73 Å². The first-order valence-electron chi connectivity index (χ1n) is 5.77. The van der Waals surface area contributed by atoms with E-state index >= 15 is 0 Å². The van der Waals surface area contributed by atoms with Crippen molar-refractivity contribution in [3.8, 4) is 0 Å². The Bertz CT molecular complexity index is 725. The fraction of sp³-hybridized carbons (Fsp3) is 0.167. The monoisotopic (exact) mass is 289 g/mol. The molecule has 0 aliphatic rings. The van der Waals surface area contributed by atoms with Crippen molar-refractivity contribution in [2.45, 2.75) is 22.7 Å². The maximum Gasteiger partial charge on any atom is 0.176 e. The Labute approximate surface area is 118 Å². The molecule has 96 valence electrons. The maximum absolute atomic E-state index is 5.82. The summed E-state index contributed by atoms with van der Waals surface area (Å²) >= 11 is 2.89. The summed E-state index contributed by atoms with van der Waals surface area (Å²) in [4.78, 5) is 13.0. The van der Waals surface area contributed by atoms with Crippen molar-refractivity contribution >= 4 is 39.9 Å². The summed E-state index contributed by atoms with van der Waals surface area (Å²) in [6.45, 7) is 2.04. The Morgan fingerprint density at radius 3 is 3.00 bits per heavy atom. The quantitative estimate of drug-likeness (QED) is 0.590. The van der Waals surface area contributed by atoms with Gasteiger partial charge in [0.1, 0.15) is 17.2 Å². The molecule has 1 aromatic carbocycles. The van der Waals surface area contributed by atoms with E-state index in [1.54, 1.807) is 6.33 Å². The highest BCUT2D eigenvalue weighted by atomic mass is 32.2. The first-order valence-corrected chi connectivity index (χ1v) is 7.36. The largest absolute Gasteiger partial charge is 0.399 e. The van der Waals surface area contributed by atoms with Crippen LogP contribution in [0.5, 0.6) is 0 Å². The molecule has 2 aromatic heterocycles. The number of hydrogen-bond acceptors (Lipinski definition) is 7. The number of nitrogen functional groups attached to an aromatic ring is 1. The standard InChI is InChI=1S/C12H11N5S2/c1-2-10-16-12(19-17-10)18-11-8-5-7(13)3-4-9(8)14-6-15-11/h3-6H,2,13H2,1H3. The van der Waals surface area contributed by atoms with Crippen LogP contribution in [-0.4, -0.2) is 19.3 Å². The number of rotatable bonds is 3. The third-order valence-electron chi connectivity index (χ3n) is 2.57. The second-order valence-corrected chi connectivity index (χ2v) is 5.88. The lowest BCUT2D eigenvalue weighted by atomic mass is 10.2. The van der Waals surface area contributed by atoms with Crippen LogP contribution in [0, 0.1) is 0 Å². The molecular formula is C12H11N5S2. The molecule has 0 amide bonds. The van der Waals surface area contributed by atoms with Gasteiger partial charge in [-0.1, -0.05) is 6.92 Å². The van der Waals surface area contributed by atoms with Crippen molar-refractivity contribution in [2.75, 3.05) is 5.73 Å². The second-order valence-electron chi connectivity index (χ2n) is 3.89. The van der Waals surface area contributed by atoms with Gasteiger partial charge in [0.2, 0.25) is 0 Å². The van der Waals surface area contributed by atoms with Gasteiger partial charge in [-0.2, -0.15) is 4.37 Å². The van der Waals surface area contributed by atoms with Crippen molar-refractivity contribution in [3.63, 3.8) is 0 Å². The number of aromatic nitrogens is 4. The Balaban J connectivity index is 2.02. The zero-order chi connectivity index (χ0) is 13.2. The molecule has 2 N–H and O–H groups in total. The van der Waals surface area contributed by atoms with Gasteiger partial charge in [-0.3, -0.25) is 0 Å². The van der Waals surface area contributed by atoms with Crippen LogP contribution >= 0.6 is 23.3 Å². The molecule has 19 heavy (non-hydrogen) atoms. The molecule has 2 heterocycles. The summed E-state index contributed by atoms with van der Waals surface area (Å²) in [5.41, 5.74) is 7.41. The van der Waals surface area contributed by atoms with Gasteiger partial charge in [-0.25, -0.2) is 15.0 Å². The Morgan fingerprint density at radius 1 is 1.32 bits per heavy atom. The van der Waals surface area contributed by atoms with Gasteiger partial charge in [0.15, 0.2) is 4.34 Å². The van der Waals surface area contributed by atoms with Crippen LogP contribution in [0.25, 0.3) is 10.9 Å². The lowest BCUT2D eigenvalue weighted by molar-refractivity contribution is 0.970. The smallest absolute Gasteiger partial charge is 0.176 e. The number of benzene rings is 1. The summed E-state index contributed by atoms with van der Waals surface area (Å²) in [6.07, 6.45) is 2.40. The van der Waals surface area contributed by atoms with Gasteiger partial charge in [-0.15, -0.1) is 0 Å². The summed E-state index contributed by atoms with van der Waals surface area (Å²) in [5.74, 6) is 0.866. The summed E-state index contributed by atoms with van der Waals surface area (Å²) in [5, 5.41) is 1.80. The number of hydrogen-bond donors (Lipinski definition) is 1. The summed E-state index contributed by atoms with van der Waals surface area (Å²) in [7, 11) is 0. The van der Waals surface area contributed by atoms with E-state index in [9.17, 15) is 0 Å². The van der Waals surface area contributed by atoms with Crippen molar-refractivity contribution in [1.82, 2.24) is 19.3 Å². The van der Waals surface area contributed by atoms with Gasteiger partial charge in [0.05, 0.1) is 5.52 Å². The Hall–Kier alpha value is -1.73. The molecule has 3 rings (SSSR count). The van der Waals surface area contributed by atoms with Crippen LogP contribution in [-0.2, 0) is 6.42 Å². The fourth-order valence-corrected chi connectivity index (χ4v) is 3.32. The first kappa shape index (κ1) is 12.3. The first-order chi connectivity index (χ1) is 9.26. The molecule has 0 saturated carbocycles. The molecule has 0 aliphatic heterocycles. The van der Waals surface area contributed by atoms with E-state index in [-0.39, 0.29) is 0 Å². The normalized spacial score (nSPS) is 11.0. The molecule has 0 fully saturated rings. The molecule has 0 atom stereocenters. The molecular weight excluding hydrogens is 278 g/mol. The highest BCUT2D eigenvalue weighted by Crippen LogP contribution is 2.32. The molecule has 0 bridgehead atoms. The highest BCUT2D eigenvalue weighted by molar-refractivity contribution is 8.01. The predicted octanol–water partition coefficient (Wildman–Crippen LogP) is 2.78. The molecule has 0 aliphatic carbocycles. The highest BCUT2D eigenvalue weighted by Gasteiger charge is 2.09. The predicted molar refractivity (Wildman–Crippen MR) is 77.4 cm³/mol. The number of fused-ring (bicyclic) bond motifs is 1. The molecule has 0 unspecified atom stereocenters. The van der Waals surface area contributed by atoms with Crippen LogP contribution in [0.3, 0.4) is 0 Å². The van der Waals surface area contributed by atoms with Gasteiger partial charge in [-0.05, 0) is 41.5 Å². The van der Waals surface area contributed by atoms with Crippen LogP contribution < -0.4 is 5.73 Å². The van der Waals surface area contributed by atoms with Crippen molar-refractivity contribution in [2.24, 2.45) is 0 Å². The van der Waals surface area contributed by atoms with E-state index in [0.717, 1.165) is 32.5 Å². The SMILES string of the molecule is CCc1nsc(Sc2ncnc3ccc(N)cc23)n1. The Morgan fingerprint density at radius 2 is 2.21 bits per heavy atom. The summed E-state index contributed by atoms with van der Waals surface area (Å²) < 4.78 is 5.16. The van der Waals surface area contributed by atoms with Gasteiger partial charge < -0.3 is 5.73 Å². The minimum absolute atomic E-state index is 0.704. The van der Waals surface area contributed by atoms with Crippen LogP contribution in [0.4, 0.5) is 5.69 Å². The topological polar surface area (TPSA) is 77.6 Å². The number of nitrogens with two attached hydrogens (primary N) is 1. The van der Waals surface area contributed by atoms with Crippen LogP contribution in [0.2, 0.25) is 0 Å². The molecule has 0 saturated heterocycles. The second kappa shape index (κ2) is 5.10. The van der Waals surface area contributed by atoms with Gasteiger partial charge in [0.25, 0.3) is 0 Å². The molecule has 0 spiro atoms. The fourth-order valence-electron chi connectivity index (χ4n) is 1.64. The molecule has 7 heteroatoms. The summed E-state index contributed by atoms with van der Waals surface area (Å²) in [6, 6.07) is 5.62. The van der Waals surface area contributed by atoms with E-state index in [0.29, 0.717) is 5.69 Å². The van der Waals surface area contributed by atoms with Gasteiger partial charge in [0, 0.05) is 17.5 Å². The number of anilines is 1. The van der Waals surface area contributed by atoms with Crippen molar-refractivity contribution in [3.05, 3.63) is 30.4 Å². The van der Waals surface area contributed by atoms with E-state index in [1.165, 1.54) is 23.3 Å². The minimum Gasteiger partial charge on any atom is -0.399 e. The van der Waals surface area contributed by atoms with Crippen LogP contribution in [0.15, 0.2) is 33.9 Å². The number of aryl methyl sites for hydroxylation is 1. The van der Waals surface area contributed by atoms with Crippen molar-refractivity contribution in [1.29, 1.82) is 0 Å². The van der Waals surface area contributed by atoms with Crippen LogP contribution in [0.1, 0.15) is 12.7 Å². The average Bonchev–Trinajstić information content (AvgIpc) is 2.87. The Kier molecular flexibility index (Phi) is 3.31. The molecule has 5 nitrogen and oxygen atoms in total. The molecule has 3 aromatic rings. The zero-order valence-corrected chi connectivity index (χ0v) is 11.8. The number of nitrogens with zero attached hydrogens (tertiary/aromatic N) is 4. The van der Waals surface area contributed by atoms with E-state index in [1.807, 2.05) is 25.1 Å². The lowest BCUT2D eigenvalue weighted by Gasteiger charge is -2.03. The van der Waals surface area contributed by atoms with Gasteiger partial charge >= 0.3 is 0 Å². The lowest BCUT2D eigenvalue weighted by Crippen LogP contribution is -1.90.